The fourth-order valence-corrected chi connectivity index (χ4v) is 2.52. The summed E-state index contributed by atoms with van der Waals surface area (Å²) in [5.74, 6) is 0. The zero-order chi connectivity index (χ0) is 14.0. The summed E-state index contributed by atoms with van der Waals surface area (Å²) < 4.78 is 38.2. The molecule has 0 heterocycles. The third-order valence-electron chi connectivity index (χ3n) is 3.60. The second-order valence-corrected chi connectivity index (χ2v) is 4.94. The molecule has 1 aromatic carbocycles. The zero-order valence-electron chi connectivity index (χ0n) is 11.0. The van der Waals surface area contributed by atoms with E-state index in [9.17, 15) is 13.2 Å². The van der Waals surface area contributed by atoms with Gasteiger partial charge in [-0.3, -0.25) is 4.90 Å². The Morgan fingerprint density at radius 2 is 2.05 bits per heavy atom. The number of hydrogen-bond donors (Lipinski definition) is 1. The Hall–Kier alpha value is -1.07. The summed E-state index contributed by atoms with van der Waals surface area (Å²) in [5.41, 5.74) is 5.84. The highest BCUT2D eigenvalue weighted by molar-refractivity contribution is 5.28. The van der Waals surface area contributed by atoms with Crippen LogP contribution in [0.5, 0.6) is 0 Å². The SMILES string of the molecule is CCN(C1CC1)C(CN)c1cccc(C(F)(F)F)c1. The van der Waals surface area contributed by atoms with E-state index in [4.69, 9.17) is 5.73 Å². The molecule has 1 unspecified atom stereocenters. The largest absolute Gasteiger partial charge is 0.416 e. The topological polar surface area (TPSA) is 29.3 Å². The van der Waals surface area contributed by atoms with E-state index in [-0.39, 0.29) is 6.04 Å². The Balaban J connectivity index is 2.27. The third kappa shape index (κ3) is 3.28. The number of nitrogens with two attached hydrogens (primary N) is 1. The molecule has 106 valence electrons. The van der Waals surface area contributed by atoms with E-state index in [0.29, 0.717) is 18.2 Å². The fourth-order valence-electron chi connectivity index (χ4n) is 2.52. The van der Waals surface area contributed by atoms with Gasteiger partial charge in [0, 0.05) is 18.6 Å². The molecule has 1 atom stereocenters. The average molecular weight is 272 g/mol. The van der Waals surface area contributed by atoms with Crippen molar-refractivity contribution in [2.45, 2.75) is 38.0 Å². The summed E-state index contributed by atoms with van der Waals surface area (Å²) in [6.45, 7) is 3.17. The molecule has 1 saturated carbocycles. The fraction of sp³-hybridized carbons (Fsp3) is 0.571. The number of likely N-dealkylation sites (N-methyl/N-ethyl adjacent to an activating group) is 1. The van der Waals surface area contributed by atoms with E-state index < -0.39 is 11.7 Å². The lowest BCUT2D eigenvalue weighted by atomic mass is 10.0. The van der Waals surface area contributed by atoms with Gasteiger partial charge in [-0.05, 0) is 37.1 Å². The molecule has 0 spiro atoms. The van der Waals surface area contributed by atoms with Gasteiger partial charge < -0.3 is 5.73 Å². The van der Waals surface area contributed by atoms with Gasteiger partial charge in [0.2, 0.25) is 0 Å². The van der Waals surface area contributed by atoms with Crippen molar-refractivity contribution >= 4 is 0 Å². The molecule has 0 amide bonds. The van der Waals surface area contributed by atoms with E-state index in [1.165, 1.54) is 12.1 Å². The minimum absolute atomic E-state index is 0.125. The summed E-state index contributed by atoms with van der Waals surface area (Å²) >= 11 is 0. The van der Waals surface area contributed by atoms with Gasteiger partial charge in [-0.15, -0.1) is 0 Å². The smallest absolute Gasteiger partial charge is 0.329 e. The predicted molar refractivity (Wildman–Crippen MR) is 68.6 cm³/mol. The molecular formula is C14H19F3N2. The maximum Gasteiger partial charge on any atom is 0.416 e. The first-order valence-electron chi connectivity index (χ1n) is 6.60. The van der Waals surface area contributed by atoms with Crippen LogP contribution in [0.4, 0.5) is 13.2 Å². The highest BCUT2D eigenvalue weighted by Crippen LogP contribution is 2.36. The van der Waals surface area contributed by atoms with Crippen LogP contribution in [-0.4, -0.2) is 24.0 Å². The third-order valence-corrected chi connectivity index (χ3v) is 3.60. The van der Waals surface area contributed by atoms with E-state index >= 15 is 0 Å². The van der Waals surface area contributed by atoms with Crippen LogP contribution in [0.15, 0.2) is 24.3 Å². The maximum absolute atomic E-state index is 12.7. The lowest BCUT2D eigenvalue weighted by Crippen LogP contribution is -2.35. The van der Waals surface area contributed by atoms with Crippen molar-refractivity contribution in [3.8, 4) is 0 Å². The van der Waals surface area contributed by atoms with Gasteiger partial charge in [0.1, 0.15) is 0 Å². The minimum Gasteiger partial charge on any atom is -0.329 e. The highest BCUT2D eigenvalue weighted by Gasteiger charge is 2.35. The molecule has 0 radical (unpaired) electrons. The van der Waals surface area contributed by atoms with Crippen LogP contribution in [0.3, 0.4) is 0 Å². The Kier molecular flexibility index (Phi) is 4.16. The Bertz CT molecular complexity index is 427. The quantitative estimate of drug-likeness (QED) is 0.892. The Morgan fingerprint density at radius 1 is 1.37 bits per heavy atom. The van der Waals surface area contributed by atoms with Gasteiger partial charge in [0.05, 0.1) is 5.56 Å². The van der Waals surface area contributed by atoms with Crippen molar-refractivity contribution in [1.82, 2.24) is 4.90 Å². The van der Waals surface area contributed by atoms with Gasteiger partial charge in [-0.2, -0.15) is 13.2 Å². The van der Waals surface area contributed by atoms with Gasteiger partial charge >= 0.3 is 6.18 Å². The van der Waals surface area contributed by atoms with Crippen LogP contribution in [0.1, 0.15) is 36.9 Å². The predicted octanol–water partition coefficient (Wildman–Crippen LogP) is 3.19. The Morgan fingerprint density at radius 3 is 2.53 bits per heavy atom. The molecule has 1 fully saturated rings. The molecule has 1 aromatic rings. The van der Waals surface area contributed by atoms with Crippen LogP contribution in [0.25, 0.3) is 0 Å². The number of nitrogens with zero attached hydrogens (tertiary/aromatic N) is 1. The number of benzene rings is 1. The standard InChI is InChI=1S/C14H19F3N2/c1-2-19(12-6-7-12)13(9-18)10-4-3-5-11(8-10)14(15,16)17/h3-5,8,12-13H,2,6-7,9,18H2,1H3. The first-order valence-corrected chi connectivity index (χ1v) is 6.60. The monoisotopic (exact) mass is 272 g/mol. The van der Waals surface area contributed by atoms with Crippen LogP contribution >= 0.6 is 0 Å². The zero-order valence-corrected chi connectivity index (χ0v) is 11.0. The highest BCUT2D eigenvalue weighted by atomic mass is 19.4. The number of alkyl halides is 3. The molecule has 0 saturated heterocycles. The van der Waals surface area contributed by atoms with E-state index in [1.54, 1.807) is 6.07 Å². The second kappa shape index (κ2) is 5.51. The van der Waals surface area contributed by atoms with Crippen LogP contribution < -0.4 is 5.73 Å². The normalized spacial score (nSPS) is 17.8. The van der Waals surface area contributed by atoms with Gasteiger partial charge in [0.25, 0.3) is 0 Å². The van der Waals surface area contributed by atoms with Gasteiger partial charge in [-0.25, -0.2) is 0 Å². The summed E-state index contributed by atoms with van der Waals surface area (Å²) in [6.07, 6.45) is -2.07. The number of halogens is 3. The molecule has 2 nitrogen and oxygen atoms in total. The van der Waals surface area contributed by atoms with Crippen LogP contribution in [0, 0.1) is 0 Å². The molecular weight excluding hydrogens is 253 g/mol. The van der Waals surface area contributed by atoms with Gasteiger partial charge in [-0.1, -0.05) is 19.1 Å². The van der Waals surface area contributed by atoms with E-state index in [2.05, 4.69) is 4.90 Å². The molecule has 2 rings (SSSR count). The number of rotatable bonds is 5. The molecule has 1 aliphatic carbocycles. The first kappa shape index (κ1) is 14.3. The van der Waals surface area contributed by atoms with Crippen molar-refractivity contribution < 1.29 is 13.2 Å². The van der Waals surface area contributed by atoms with E-state index in [0.717, 1.165) is 25.5 Å². The second-order valence-electron chi connectivity index (χ2n) is 4.94. The van der Waals surface area contributed by atoms with Crippen LogP contribution in [-0.2, 0) is 6.18 Å². The van der Waals surface area contributed by atoms with Crippen molar-refractivity contribution in [3.05, 3.63) is 35.4 Å². The molecule has 0 aliphatic heterocycles. The van der Waals surface area contributed by atoms with Crippen molar-refractivity contribution in [2.24, 2.45) is 5.73 Å². The summed E-state index contributed by atoms with van der Waals surface area (Å²) in [5, 5.41) is 0. The lowest BCUT2D eigenvalue weighted by molar-refractivity contribution is -0.137. The van der Waals surface area contributed by atoms with Crippen molar-refractivity contribution in [1.29, 1.82) is 0 Å². The van der Waals surface area contributed by atoms with Crippen LogP contribution in [0.2, 0.25) is 0 Å². The molecule has 0 bridgehead atoms. The Labute approximate surface area is 111 Å². The van der Waals surface area contributed by atoms with Crippen molar-refractivity contribution in [3.63, 3.8) is 0 Å². The molecule has 2 N–H and O–H groups in total. The summed E-state index contributed by atoms with van der Waals surface area (Å²) in [4.78, 5) is 2.20. The molecule has 0 aromatic heterocycles. The molecule has 19 heavy (non-hydrogen) atoms. The lowest BCUT2D eigenvalue weighted by Gasteiger charge is -2.30. The first-order chi connectivity index (χ1) is 8.97. The molecule has 5 heteroatoms. The maximum atomic E-state index is 12.7. The summed E-state index contributed by atoms with van der Waals surface area (Å²) in [7, 11) is 0. The van der Waals surface area contributed by atoms with Crippen molar-refractivity contribution in [2.75, 3.05) is 13.1 Å². The number of hydrogen-bond acceptors (Lipinski definition) is 2. The minimum atomic E-state index is -4.30. The molecule has 1 aliphatic rings. The summed E-state index contributed by atoms with van der Waals surface area (Å²) in [6, 6.07) is 5.87. The van der Waals surface area contributed by atoms with Gasteiger partial charge in [0.15, 0.2) is 0 Å². The average Bonchev–Trinajstić information content (AvgIpc) is 3.19. The van der Waals surface area contributed by atoms with E-state index in [1.807, 2.05) is 6.92 Å².